The van der Waals surface area contributed by atoms with E-state index in [9.17, 15) is 14.0 Å². The molecule has 1 unspecified atom stereocenters. The Balaban J connectivity index is 0.000000826. The molecule has 0 aromatic heterocycles. The van der Waals surface area contributed by atoms with Gasteiger partial charge < -0.3 is 14.4 Å². The van der Waals surface area contributed by atoms with Crippen molar-refractivity contribution in [2.75, 3.05) is 37.6 Å². The molecule has 3 rings (SSSR count). The number of rotatable bonds is 11. The van der Waals surface area contributed by atoms with Crippen molar-refractivity contribution in [2.24, 2.45) is 5.41 Å². The molecule has 0 spiro atoms. The van der Waals surface area contributed by atoms with Crippen molar-refractivity contribution in [2.45, 2.75) is 91.6 Å². The summed E-state index contributed by atoms with van der Waals surface area (Å²) in [6.07, 6.45) is 17.1. The Morgan fingerprint density at radius 3 is 2.17 bits per heavy atom. The first-order chi connectivity index (χ1) is 17.3. The highest BCUT2D eigenvalue weighted by molar-refractivity contribution is 5.79. The first-order valence-corrected chi connectivity index (χ1v) is 13.6. The predicted octanol–water partition coefficient (Wildman–Crippen LogP) is 6.25. The van der Waals surface area contributed by atoms with Crippen LogP contribution in [0.5, 0.6) is 0 Å². The summed E-state index contributed by atoms with van der Waals surface area (Å²) in [4.78, 5) is 27.3. The molecular formula is C30H47FN2O3. The molecule has 1 aromatic rings. The minimum Gasteiger partial charge on any atom is -0.462 e. The minimum absolute atomic E-state index is 0.0570. The molecule has 0 radical (unpaired) electrons. The van der Waals surface area contributed by atoms with Gasteiger partial charge in [-0.25, -0.2) is 4.39 Å². The van der Waals surface area contributed by atoms with Gasteiger partial charge in [-0.1, -0.05) is 46.5 Å². The first-order valence-electron chi connectivity index (χ1n) is 13.6. The molecule has 202 valence electrons. The highest BCUT2D eigenvalue weighted by Crippen LogP contribution is 2.43. The summed E-state index contributed by atoms with van der Waals surface area (Å²) < 4.78 is 19.0. The second-order valence-electron chi connectivity index (χ2n) is 9.87. The number of Topliss-reactive ketones (excluding diaryl/α,β-unsaturated/α-hetero) is 1. The summed E-state index contributed by atoms with van der Waals surface area (Å²) in [5.41, 5.74) is 0.864. The Kier molecular flexibility index (Phi) is 15.1. The lowest BCUT2D eigenvalue weighted by atomic mass is 9.76. The number of hydrogen-bond donors (Lipinski definition) is 0. The van der Waals surface area contributed by atoms with Crippen molar-refractivity contribution in [1.29, 1.82) is 0 Å². The van der Waals surface area contributed by atoms with Gasteiger partial charge in [-0.15, -0.1) is 12.8 Å². The molecule has 0 aliphatic carbocycles. The van der Waals surface area contributed by atoms with Crippen LogP contribution in [-0.2, 0) is 14.3 Å². The number of nitrogens with zero attached hydrogens (tertiary/aromatic N) is 2. The largest absolute Gasteiger partial charge is 0.462 e. The van der Waals surface area contributed by atoms with E-state index in [4.69, 9.17) is 4.74 Å². The van der Waals surface area contributed by atoms with Crippen molar-refractivity contribution in [3.8, 4) is 12.8 Å². The van der Waals surface area contributed by atoms with E-state index in [0.29, 0.717) is 6.42 Å². The van der Waals surface area contributed by atoms with Crippen molar-refractivity contribution >= 4 is 17.4 Å². The van der Waals surface area contributed by atoms with Gasteiger partial charge in [0.1, 0.15) is 17.7 Å². The SMILES string of the molecule is C#C.CCC(C)=O.CCCCCC1(CCC)C[C@H](CCN2CCN(c3ccc(F)cc3)CC2)OC1=O. The zero-order valence-electron chi connectivity index (χ0n) is 22.9. The quantitative estimate of drug-likeness (QED) is 0.203. The lowest BCUT2D eigenvalue weighted by molar-refractivity contribution is -0.149. The Morgan fingerprint density at radius 2 is 1.64 bits per heavy atom. The van der Waals surface area contributed by atoms with Gasteiger partial charge in [0.15, 0.2) is 0 Å². The van der Waals surface area contributed by atoms with E-state index in [1.807, 2.05) is 19.1 Å². The molecule has 0 bridgehead atoms. The molecule has 2 fully saturated rings. The maximum Gasteiger partial charge on any atom is 0.312 e. The van der Waals surface area contributed by atoms with Crippen LogP contribution < -0.4 is 4.90 Å². The number of carbonyl (C=O) groups excluding carboxylic acids is 2. The maximum absolute atomic E-state index is 13.1. The Labute approximate surface area is 218 Å². The molecule has 0 N–H and O–H groups in total. The molecule has 2 heterocycles. The number of unbranched alkanes of at least 4 members (excludes halogenated alkanes) is 2. The number of esters is 1. The molecule has 2 aliphatic heterocycles. The van der Waals surface area contributed by atoms with Crippen LogP contribution in [0, 0.1) is 24.1 Å². The minimum atomic E-state index is -0.226. The fourth-order valence-electron chi connectivity index (χ4n) is 4.93. The Morgan fingerprint density at radius 1 is 1.03 bits per heavy atom. The highest BCUT2D eigenvalue weighted by Gasteiger charge is 2.47. The molecule has 2 atom stereocenters. The lowest BCUT2D eigenvalue weighted by Gasteiger charge is -2.36. The van der Waals surface area contributed by atoms with E-state index in [2.05, 4.69) is 36.5 Å². The fourth-order valence-corrected chi connectivity index (χ4v) is 4.93. The zero-order valence-corrected chi connectivity index (χ0v) is 22.9. The third kappa shape index (κ3) is 10.3. The summed E-state index contributed by atoms with van der Waals surface area (Å²) in [5, 5.41) is 0. The van der Waals surface area contributed by atoms with Gasteiger partial charge >= 0.3 is 5.97 Å². The number of cyclic esters (lactones) is 1. The van der Waals surface area contributed by atoms with Gasteiger partial charge in [-0.2, -0.15) is 0 Å². The Bertz CT molecular complexity index is 787. The van der Waals surface area contributed by atoms with Crippen LogP contribution in [0.1, 0.15) is 85.5 Å². The van der Waals surface area contributed by atoms with Crippen molar-refractivity contribution < 1.29 is 18.7 Å². The molecule has 5 nitrogen and oxygen atoms in total. The molecule has 2 aliphatic rings. The summed E-state index contributed by atoms with van der Waals surface area (Å²) >= 11 is 0. The van der Waals surface area contributed by atoms with Crippen LogP contribution in [0.25, 0.3) is 0 Å². The molecule has 36 heavy (non-hydrogen) atoms. The second-order valence-corrected chi connectivity index (χ2v) is 9.87. The van der Waals surface area contributed by atoms with Crippen LogP contribution in [0.4, 0.5) is 10.1 Å². The average Bonchev–Trinajstić information content (AvgIpc) is 3.20. The molecule has 0 saturated carbocycles. The molecular weight excluding hydrogens is 455 g/mol. The van der Waals surface area contributed by atoms with Crippen LogP contribution in [0.3, 0.4) is 0 Å². The van der Waals surface area contributed by atoms with Crippen molar-refractivity contribution in [1.82, 2.24) is 4.90 Å². The number of ketones is 1. The molecule has 6 heteroatoms. The van der Waals surface area contributed by atoms with Gasteiger partial charge in [-0.3, -0.25) is 9.69 Å². The topological polar surface area (TPSA) is 49.9 Å². The van der Waals surface area contributed by atoms with E-state index < -0.39 is 0 Å². The number of anilines is 1. The second kappa shape index (κ2) is 17.1. The normalized spacial score (nSPS) is 21.6. The maximum atomic E-state index is 13.1. The number of hydrogen-bond acceptors (Lipinski definition) is 5. The standard InChI is InChI=1S/C24H37FN2O2.C4H8O.C2H2/c1-3-5-6-13-24(12-4-2)19-22(29-23(24)28)11-14-26-15-17-27(18-16-26)21-9-7-20(25)8-10-21;1-3-4(2)5;1-2/h7-10,22H,3-6,11-19H2,1-2H3;3H2,1-2H3;1-2H/t22-,24?;;/m0../s1. The van der Waals surface area contributed by atoms with E-state index in [0.717, 1.165) is 76.9 Å². The fraction of sp³-hybridized carbons (Fsp3) is 0.667. The lowest BCUT2D eigenvalue weighted by Crippen LogP contribution is -2.47. The number of terminal acetylenes is 1. The predicted molar refractivity (Wildman–Crippen MR) is 147 cm³/mol. The number of piperazine rings is 1. The molecule has 1 aromatic carbocycles. The summed E-state index contributed by atoms with van der Waals surface area (Å²) in [6, 6.07) is 6.77. The van der Waals surface area contributed by atoms with Crippen LogP contribution >= 0.6 is 0 Å². The van der Waals surface area contributed by atoms with E-state index in [-0.39, 0.29) is 29.1 Å². The summed E-state index contributed by atoms with van der Waals surface area (Å²) in [7, 11) is 0. The van der Waals surface area contributed by atoms with E-state index >= 15 is 0 Å². The first kappa shape index (κ1) is 31.6. The van der Waals surface area contributed by atoms with Crippen LogP contribution in [0.2, 0.25) is 0 Å². The number of benzene rings is 1. The molecule has 2 saturated heterocycles. The number of halogens is 1. The zero-order chi connectivity index (χ0) is 27.0. The van der Waals surface area contributed by atoms with Crippen LogP contribution in [-0.4, -0.2) is 55.5 Å². The van der Waals surface area contributed by atoms with Crippen LogP contribution in [0.15, 0.2) is 24.3 Å². The summed E-state index contributed by atoms with van der Waals surface area (Å²) in [5.74, 6) is 0.124. The van der Waals surface area contributed by atoms with Crippen molar-refractivity contribution in [3.63, 3.8) is 0 Å². The third-order valence-corrected chi connectivity index (χ3v) is 7.14. The van der Waals surface area contributed by atoms with Gasteiger partial charge in [-0.05, 0) is 50.5 Å². The molecule has 0 amide bonds. The van der Waals surface area contributed by atoms with Gasteiger partial charge in [0.05, 0.1) is 5.41 Å². The highest BCUT2D eigenvalue weighted by atomic mass is 19.1. The van der Waals surface area contributed by atoms with Gasteiger partial charge in [0.25, 0.3) is 0 Å². The smallest absolute Gasteiger partial charge is 0.312 e. The van der Waals surface area contributed by atoms with Gasteiger partial charge in [0, 0.05) is 51.3 Å². The van der Waals surface area contributed by atoms with Gasteiger partial charge in [0.2, 0.25) is 0 Å². The number of carbonyl (C=O) groups is 2. The average molecular weight is 503 g/mol. The monoisotopic (exact) mass is 502 g/mol. The summed E-state index contributed by atoms with van der Waals surface area (Å²) in [6.45, 7) is 12.7. The van der Waals surface area contributed by atoms with E-state index in [1.165, 1.54) is 25.0 Å². The van der Waals surface area contributed by atoms with E-state index in [1.54, 1.807) is 6.92 Å². The van der Waals surface area contributed by atoms with Crippen molar-refractivity contribution in [3.05, 3.63) is 30.1 Å². The number of ether oxygens (including phenoxy) is 1. The third-order valence-electron chi connectivity index (χ3n) is 7.14. The Hall–Kier alpha value is -2.39.